The Kier molecular flexibility index (Phi) is 10.4. The topological polar surface area (TPSA) is 72.8 Å². The first kappa shape index (κ1) is 25.8. The SMILES string of the molecule is COC(=O)CCCC=CC[C@H]1C(=O)C[C@@H](OC)[C@@H]1C=CCC(O)C1(CC(C)C)CCC1. The minimum absolute atomic E-state index is 0.0480. The Morgan fingerprint density at radius 3 is 2.55 bits per heavy atom. The minimum atomic E-state index is -0.314. The van der Waals surface area contributed by atoms with Crippen molar-refractivity contribution in [3.05, 3.63) is 24.3 Å². The van der Waals surface area contributed by atoms with Crippen LogP contribution in [0.3, 0.4) is 0 Å². The Labute approximate surface area is 188 Å². The number of allylic oxidation sites excluding steroid dienone is 2. The van der Waals surface area contributed by atoms with Gasteiger partial charge in [-0.1, -0.05) is 44.6 Å². The number of hydrogen-bond donors (Lipinski definition) is 1. The molecule has 1 unspecified atom stereocenters. The van der Waals surface area contributed by atoms with Crippen LogP contribution in [0.5, 0.6) is 0 Å². The molecule has 176 valence electrons. The third-order valence-corrected chi connectivity index (χ3v) is 7.14. The summed E-state index contributed by atoms with van der Waals surface area (Å²) >= 11 is 0. The molecule has 1 N–H and O–H groups in total. The lowest BCUT2D eigenvalue weighted by Gasteiger charge is -2.46. The summed E-state index contributed by atoms with van der Waals surface area (Å²) in [4.78, 5) is 23.7. The number of esters is 1. The van der Waals surface area contributed by atoms with Crippen LogP contribution in [0.15, 0.2) is 24.3 Å². The summed E-state index contributed by atoms with van der Waals surface area (Å²) in [7, 11) is 3.07. The summed E-state index contributed by atoms with van der Waals surface area (Å²) in [6, 6.07) is 0. The summed E-state index contributed by atoms with van der Waals surface area (Å²) < 4.78 is 10.3. The van der Waals surface area contributed by atoms with E-state index in [-0.39, 0.29) is 41.2 Å². The van der Waals surface area contributed by atoms with Crippen molar-refractivity contribution in [3.63, 3.8) is 0 Å². The van der Waals surface area contributed by atoms with Crippen LogP contribution in [0, 0.1) is 23.2 Å². The molecule has 2 saturated carbocycles. The predicted octanol–water partition coefficient (Wildman–Crippen LogP) is 5.02. The molecule has 2 aliphatic carbocycles. The van der Waals surface area contributed by atoms with Gasteiger partial charge in [-0.25, -0.2) is 0 Å². The fourth-order valence-electron chi connectivity index (χ4n) is 5.31. The molecule has 0 aliphatic heterocycles. The Bertz CT molecular complexity index is 632. The van der Waals surface area contributed by atoms with Gasteiger partial charge in [0.25, 0.3) is 0 Å². The number of aliphatic hydroxyl groups is 1. The van der Waals surface area contributed by atoms with Gasteiger partial charge in [-0.15, -0.1) is 0 Å². The standard InChI is InChI=1S/C26H42O5/c1-19(2)18-26(15-10-16-26)24(28)13-9-12-21-20(22(27)17-23(21)30-3)11-7-5-6-8-14-25(29)31-4/h5,7,9,12,19-21,23-24,28H,6,8,10-11,13-18H2,1-4H3/t20-,21-,23-,24?/m1/s1. The molecule has 31 heavy (non-hydrogen) atoms. The molecule has 5 nitrogen and oxygen atoms in total. The maximum atomic E-state index is 12.6. The third-order valence-electron chi connectivity index (χ3n) is 7.14. The van der Waals surface area contributed by atoms with E-state index < -0.39 is 0 Å². The number of carbonyl (C=O) groups is 2. The van der Waals surface area contributed by atoms with Gasteiger partial charge in [-0.2, -0.15) is 0 Å². The van der Waals surface area contributed by atoms with Crippen LogP contribution in [0.1, 0.15) is 78.1 Å². The normalized spacial score (nSPS) is 26.6. The highest BCUT2D eigenvalue weighted by atomic mass is 16.5. The Morgan fingerprint density at radius 2 is 1.97 bits per heavy atom. The van der Waals surface area contributed by atoms with Gasteiger partial charge < -0.3 is 14.6 Å². The Balaban J connectivity index is 1.90. The zero-order chi connectivity index (χ0) is 22.9. The van der Waals surface area contributed by atoms with E-state index in [1.54, 1.807) is 7.11 Å². The van der Waals surface area contributed by atoms with Crippen molar-refractivity contribution in [2.45, 2.75) is 90.3 Å². The second kappa shape index (κ2) is 12.5. The summed E-state index contributed by atoms with van der Waals surface area (Å²) in [5, 5.41) is 10.9. The predicted molar refractivity (Wildman–Crippen MR) is 123 cm³/mol. The summed E-state index contributed by atoms with van der Waals surface area (Å²) in [6.45, 7) is 4.45. The van der Waals surface area contributed by atoms with Gasteiger partial charge in [-0.05, 0) is 56.3 Å². The van der Waals surface area contributed by atoms with Crippen molar-refractivity contribution in [2.24, 2.45) is 23.2 Å². The number of methoxy groups -OCH3 is 2. The maximum absolute atomic E-state index is 12.6. The fraction of sp³-hybridized carbons (Fsp3) is 0.769. The minimum Gasteiger partial charge on any atom is -0.469 e. The molecule has 5 heteroatoms. The smallest absolute Gasteiger partial charge is 0.305 e. The van der Waals surface area contributed by atoms with E-state index in [1.165, 1.54) is 13.5 Å². The highest BCUT2D eigenvalue weighted by Gasteiger charge is 2.43. The number of unbranched alkanes of at least 4 members (excludes halogenated alkanes) is 1. The second-order valence-electron chi connectivity index (χ2n) is 9.80. The number of carbonyl (C=O) groups excluding carboxylic acids is 2. The van der Waals surface area contributed by atoms with Crippen LogP contribution in [-0.2, 0) is 19.1 Å². The molecule has 2 aliphatic rings. The highest BCUT2D eigenvalue weighted by Crippen LogP contribution is 2.49. The molecule has 0 saturated heterocycles. The molecule has 2 rings (SSSR count). The lowest BCUT2D eigenvalue weighted by molar-refractivity contribution is -0.140. The zero-order valence-corrected chi connectivity index (χ0v) is 19.8. The molecule has 0 heterocycles. The Morgan fingerprint density at radius 1 is 1.23 bits per heavy atom. The van der Waals surface area contributed by atoms with Crippen molar-refractivity contribution in [3.8, 4) is 0 Å². The lowest BCUT2D eigenvalue weighted by Crippen LogP contribution is -2.42. The van der Waals surface area contributed by atoms with Crippen molar-refractivity contribution >= 4 is 11.8 Å². The van der Waals surface area contributed by atoms with Crippen molar-refractivity contribution < 1.29 is 24.2 Å². The molecule has 0 radical (unpaired) electrons. The molecule has 0 spiro atoms. The van der Waals surface area contributed by atoms with E-state index in [0.717, 1.165) is 32.1 Å². The van der Waals surface area contributed by atoms with Crippen LogP contribution in [0.2, 0.25) is 0 Å². The van der Waals surface area contributed by atoms with E-state index in [2.05, 4.69) is 36.8 Å². The Hall–Kier alpha value is -1.46. The zero-order valence-electron chi connectivity index (χ0n) is 19.8. The van der Waals surface area contributed by atoms with Crippen LogP contribution < -0.4 is 0 Å². The molecule has 0 aromatic rings. The number of rotatable bonds is 13. The molecule has 0 aromatic carbocycles. The van der Waals surface area contributed by atoms with Crippen molar-refractivity contribution in [2.75, 3.05) is 14.2 Å². The quantitative estimate of drug-likeness (QED) is 0.250. The van der Waals surface area contributed by atoms with Gasteiger partial charge in [-0.3, -0.25) is 9.59 Å². The lowest BCUT2D eigenvalue weighted by atomic mass is 9.60. The third kappa shape index (κ3) is 7.28. The summed E-state index contributed by atoms with van der Waals surface area (Å²) in [6.07, 6.45) is 16.2. The number of hydrogen-bond acceptors (Lipinski definition) is 5. The molecule has 0 aromatic heterocycles. The van der Waals surface area contributed by atoms with Crippen LogP contribution >= 0.6 is 0 Å². The molecular formula is C26H42O5. The van der Waals surface area contributed by atoms with E-state index in [9.17, 15) is 14.7 Å². The largest absolute Gasteiger partial charge is 0.469 e. The average Bonchev–Trinajstić information content (AvgIpc) is 3.01. The van der Waals surface area contributed by atoms with Gasteiger partial charge >= 0.3 is 5.97 Å². The van der Waals surface area contributed by atoms with E-state index in [0.29, 0.717) is 31.6 Å². The van der Waals surface area contributed by atoms with Crippen LogP contribution in [0.4, 0.5) is 0 Å². The summed E-state index contributed by atoms with van der Waals surface area (Å²) in [5.41, 5.74) is 0.0804. The molecule has 4 atom stereocenters. The average molecular weight is 435 g/mol. The first-order valence-corrected chi connectivity index (χ1v) is 11.9. The fourth-order valence-corrected chi connectivity index (χ4v) is 5.31. The monoisotopic (exact) mass is 434 g/mol. The number of Topliss-reactive ketones (excluding diaryl/α,β-unsaturated/α-hetero) is 1. The van der Waals surface area contributed by atoms with Gasteiger partial charge in [0.15, 0.2) is 0 Å². The number of ketones is 1. The number of ether oxygens (including phenoxy) is 2. The highest BCUT2D eigenvalue weighted by molar-refractivity contribution is 5.84. The van der Waals surface area contributed by atoms with Gasteiger partial charge in [0, 0.05) is 31.8 Å². The molecular weight excluding hydrogens is 392 g/mol. The van der Waals surface area contributed by atoms with Gasteiger partial charge in [0.1, 0.15) is 5.78 Å². The van der Waals surface area contributed by atoms with Crippen molar-refractivity contribution in [1.29, 1.82) is 0 Å². The molecule has 2 fully saturated rings. The van der Waals surface area contributed by atoms with E-state index >= 15 is 0 Å². The molecule has 0 bridgehead atoms. The van der Waals surface area contributed by atoms with Gasteiger partial charge in [0.05, 0.1) is 19.3 Å². The first-order chi connectivity index (χ1) is 14.8. The number of aliphatic hydroxyl groups excluding tert-OH is 1. The van der Waals surface area contributed by atoms with Crippen molar-refractivity contribution in [1.82, 2.24) is 0 Å². The maximum Gasteiger partial charge on any atom is 0.305 e. The van der Waals surface area contributed by atoms with E-state index in [4.69, 9.17) is 4.74 Å². The second-order valence-corrected chi connectivity index (χ2v) is 9.80. The van der Waals surface area contributed by atoms with Gasteiger partial charge in [0.2, 0.25) is 0 Å². The molecule has 0 amide bonds. The van der Waals surface area contributed by atoms with Crippen LogP contribution in [-0.4, -0.2) is 43.3 Å². The van der Waals surface area contributed by atoms with Crippen LogP contribution in [0.25, 0.3) is 0 Å². The van der Waals surface area contributed by atoms with E-state index in [1.807, 2.05) is 6.08 Å². The summed E-state index contributed by atoms with van der Waals surface area (Å²) in [5.74, 6) is 0.617. The first-order valence-electron chi connectivity index (χ1n) is 11.9.